The first-order valence-electron chi connectivity index (χ1n) is 7.87. The molecule has 0 aliphatic heterocycles. The van der Waals surface area contributed by atoms with E-state index in [-0.39, 0.29) is 24.4 Å². The molecule has 2 rings (SSSR count). The minimum Gasteiger partial charge on any atom is -0.459 e. The van der Waals surface area contributed by atoms with Crippen molar-refractivity contribution in [3.63, 3.8) is 0 Å². The van der Waals surface area contributed by atoms with E-state index in [0.717, 1.165) is 23.9 Å². The standard InChI is InChI=1S/C16H23N3O4/c1-11(2)6-4-7-12(3)17-14(20)10-19-16(21)23-15(18-19)13-8-5-9-22-13/h5,8-9,11-12H,4,6-7,10H2,1-3H3,(H,17,20). The number of amides is 1. The van der Waals surface area contributed by atoms with Gasteiger partial charge in [0.1, 0.15) is 6.54 Å². The molecule has 1 atom stereocenters. The first-order chi connectivity index (χ1) is 11.0. The topological polar surface area (TPSA) is 90.3 Å². The molecule has 0 bridgehead atoms. The van der Waals surface area contributed by atoms with Crippen LogP contribution < -0.4 is 11.1 Å². The fourth-order valence-electron chi connectivity index (χ4n) is 2.27. The van der Waals surface area contributed by atoms with E-state index in [1.165, 1.54) is 6.26 Å². The van der Waals surface area contributed by atoms with Crippen molar-refractivity contribution in [1.29, 1.82) is 0 Å². The van der Waals surface area contributed by atoms with Gasteiger partial charge in [-0.3, -0.25) is 4.79 Å². The zero-order valence-electron chi connectivity index (χ0n) is 13.7. The Balaban J connectivity index is 1.87. The second-order valence-corrected chi connectivity index (χ2v) is 6.10. The van der Waals surface area contributed by atoms with Crippen molar-refractivity contribution >= 4 is 5.91 Å². The molecule has 0 fully saturated rings. The van der Waals surface area contributed by atoms with Gasteiger partial charge >= 0.3 is 5.76 Å². The molecule has 2 aromatic rings. The molecule has 0 aliphatic rings. The lowest BCUT2D eigenvalue weighted by atomic mass is 10.0. The lowest BCUT2D eigenvalue weighted by molar-refractivity contribution is -0.122. The summed E-state index contributed by atoms with van der Waals surface area (Å²) >= 11 is 0. The van der Waals surface area contributed by atoms with Crippen LogP contribution in [0.1, 0.15) is 40.0 Å². The lowest BCUT2D eigenvalue weighted by Gasteiger charge is -2.14. The molecule has 2 aromatic heterocycles. The summed E-state index contributed by atoms with van der Waals surface area (Å²) in [4.78, 5) is 23.7. The number of hydrogen-bond donors (Lipinski definition) is 1. The number of carbonyl (C=O) groups excluding carboxylic acids is 1. The van der Waals surface area contributed by atoms with Gasteiger partial charge in [-0.05, 0) is 31.4 Å². The summed E-state index contributed by atoms with van der Waals surface area (Å²) in [5.74, 6) is 0.134. The molecule has 2 heterocycles. The summed E-state index contributed by atoms with van der Waals surface area (Å²) in [5, 5.41) is 6.84. The van der Waals surface area contributed by atoms with Gasteiger partial charge in [0, 0.05) is 6.04 Å². The van der Waals surface area contributed by atoms with Crippen LogP contribution in [-0.2, 0) is 11.3 Å². The Morgan fingerprint density at radius 3 is 2.78 bits per heavy atom. The second kappa shape index (κ2) is 7.80. The van der Waals surface area contributed by atoms with E-state index in [2.05, 4.69) is 24.3 Å². The summed E-state index contributed by atoms with van der Waals surface area (Å²) in [6, 6.07) is 3.36. The third-order valence-corrected chi connectivity index (χ3v) is 3.46. The SMILES string of the molecule is CC(C)CCCC(C)NC(=O)Cn1nc(-c2ccco2)oc1=O. The molecule has 1 unspecified atom stereocenters. The minimum absolute atomic E-state index is 0.0633. The van der Waals surface area contributed by atoms with E-state index in [1.807, 2.05) is 6.92 Å². The van der Waals surface area contributed by atoms with E-state index in [0.29, 0.717) is 11.7 Å². The molecule has 0 aromatic carbocycles. The fourth-order valence-corrected chi connectivity index (χ4v) is 2.27. The number of nitrogens with zero attached hydrogens (tertiary/aromatic N) is 2. The largest absolute Gasteiger partial charge is 0.459 e. The maximum absolute atomic E-state index is 12.0. The Kier molecular flexibility index (Phi) is 5.78. The van der Waals surface area contributed by atoms with Gasteiger partial charge < -0.3 is 14.2 Å². The van der Waals surface area contributed by atoms with Gasteiger partial charge in [0.25, 0.3) is 5.89 Å². The maximum Gasteiger partial charge on any atom is 0.437 e. The zero-order valence-corrected chi connectivity index (χ0v) is 13.7. The van der Waals surface area contributed by atoms with Gasteiger partial charge in [-0.25, -0.2) is 4.79 Å². The molecule has 1 N–H and O–H groups in total. The van der Waals surface area contributed by atoms with Crippen LogP contribution >= 0.6 is 0 Å². The van der Waals surface area contributed by atoms with Gasteiger partial charge in [0.2, 0.25) is 5.91 Å². The van der Waals surface area contributed by atoms with Gasteiger partial charge in [-0.1, -0.05) is 26.7 Å². The van der Waals surface area contributed by atoms with Crippen LogP contribution in [0.25, 0.3) is 11.7 Å². The Labute approximate surface area is 134 Å². The first-order valence-corrected chi connectivity index (χ1v) is 7.87. The van der Waals surface area contributed by atoms with E-state index >= 15 is 0 Å². The van der Waals surface area contributed by atoms with Gasteiger partial charge in [0.05, 0.1) is 6.26 Å². The number of furan rings is 1. The molecule has 0 saturated carbocycles. The molecule has 0 aliphatic carbocycles. The number of hydrogen-bond acceptors (Lipinski definition) is 5. The number of nitrogens with one attached hydrogen (secondary N) is 1. The molecule has 126 valence electrons. The molecular formula is C16H23N3O4. The average molecular weight is 321 g/mol. The van der Waals surface area contributed by atoms with Crippen molar-refractivity contribution in [3.8, 4) is 11.7 Å². The Bertz CT molecular complexity index is 670. The maximum atomic E-state index is 12.0. The highest BCUT2D eigenvalue weighted by Gasteiger charge is 2.15. The molecular weight excluding hydrogens is 298 g/mol. The molecule has 7 heteroatoms. The molecule has 1 amide bonds. The zero-order chi connectivity index (χ0) is 16.8. The van der Waals surface area contributed by atoms with Gasteiger partial charge in [-0.2, -0.15) is 4.68 Å². The van der Waals surface area contributed by atoms with Gasteiger partial charge in [0.15, 0.2) is 5.76 Å². The van der Waals surface area contributed by atoms with Crippen LogP contribution in [0.15, 0.2) is 32.0 Å². The van der Waals surface area contributed by atoms with Crippen LogP contribution in [0, 0.1) is 5.92 Å². The molecule has 0 spiro atoms. The Hall–Kier alpha value is -2.31. The van der Waals surface area contributed by atoms with E-state index in [9.17, 15) is 9.59 Å². The summed E-state index contributed by atoms with van der Waals surface area (Å²) in [6.07, 6.45) is 4.57. The predicted octanol–water partition coefficient (Wildman–Crippen LogP) is 2.43. The highest BCUT2D eigenvalue weighted by Crippen LogP contribution is 2.14. The van der Waals surface area contributed by atoms with Crippen LogP contribution in [0.2, 0.25) is 0 Å². The van der Waals surface area contributed by atoms with Crippen molar-refractivity contribution in [3.05, 3.63) is 28.9 Å². The molecule has 0 radical (unpaired) electrons. The number of aromatic nitrogens is 2. The summed E-state index contributed by atoms with van der Waals surface area (Å²) in [6.45, 7) is 6.14. The van der Waals surface area contributed by atoms with Crippen molar-refractivity contribution in [2.75, 3.05) is 0 Å². The third-order valence-electron chi connectivity index (χ3n) is 3.46. The monoisotopic (exact) mass is 321 g/mol. The summed E-state index contributed by atoms with van der Waals surface area (Å²) in [5.41, 5.74) is 0. The number of rotatable bonds is 8. The van der Waals surface area contributed by atoms with E-state index in [4.69, 9.17) is 8.83 Å². The average Bonchev–Trinajstić information content (AvgIpc) is 3.08. The van der Waals surface area contributed by atoms with Crippen molar-refractivity contribution in [1.82, 2.24) is 15.1 Å². The summed E-state index contributed by atoms with van der Waals surface area (Å²) < 4.78 is 11.1. The highest BCUT2D eigenvalue weighted by molar-refractivity contribution is 5.75. The third kappa shape index (κ3) is 5.12. The van der Waals surface area contributed by atoms with E-state index < -0.39 is 5.76 Å². The van der Waals surface area contributed by atoms with Crippen LogP contribution in [0.4, 0.5) is 0 Å². The van der Waals surface area contributed by atoms with Crippen LogP contribution in [0.3, 0.4) is 0 Å². The van der Waals surface area contributed by atoms with E-state index in [1.54, 1.807) is 12.1 Å². The smallest absolute Gasteiger partial charge is 0.437 e. The highest BCUT2D eigenvalue weighted by atomic mass is 16.4. The molecule has 0 saturated heterocycles. The Morgan fingerprint density at radius 1 is 1.35 bits per heavy atom. The fraction of sp³-hybridized carbons (Fsp3) is 0.562. The first kappa shape index (κ1) is 17.1. The van der Waals surface area contributed by atoms with Crippen molar-refractivity contribution in [2.24, 2.45) is 5.92 Å². The van der Waals surface area contributed by atoms with Crippen LogP contribution in [0.5, 0.6) is 0 Å². The van der Waals surface area contributed by atoms with Crippen LogP contribution in [-0.4, -0.2) is 21.7 Å². The number of carbonyl (C=O) groups is 1. The van der Waals surface area contributed by atoms with Crippen molar-refractivity contribution < 1.29 is 13.6 Å². The minimum atomic E-state index is -0.681. The molecule has 7 nitrogen and oxygen atoms in total. The van der Waals surface area contributed by atoms with Crippen molar-refractivity contribution in [2.45, 2.75) is 52.6 Å². The lowest BCUT2D eigenvalue weighted by Crippen LogP contribution is -2.37. The predicted molar refractivity (Wildman–Crippen MR) is 84.8 cm³/mol. The Morgan fingerprint density at radius 2 is 2.13 bits per heavy atom. The second-order valence-electron chi connectivity index (χ2n) is 6.10. The van der Waals surface area contributed by atoms with Gasteiger partial charge in [-0.15, -0.1) is 5.10 Å². The molecule has 23 heavy (non-hydrogen) atoms. The summed E-state index contributed by atoms with van der Waals surface area (Å²) in [7, 11) is 0. The normalized spacial score (nSPS) is 12.5. The quantitative estimate of drug-likeness (QED) is 0.806.